The molecule has 0 unspecified atom stereocenters. The number of aromatic nitrogens is 4. The Morgan fingerprint density at radius 1 is 1.06 bits per heavy atom. The van der Waals surface area contributed by atoms with Crippen molar-refractivity contribution < 1.29 is 9.13 Å². The first-order chi connectivity index (χ1) is 17.0. The highest BCUT2D eigenvalue weighted by atomic mass is 19.1. The van der Waals surface area contributed by atoms with Gasteiger partial charge in [0.2, 0.25) is 11.9 Å². The van der Waals surface area contributed by atoms with Gasteiger partial charge in [-0.1, -0.05) is 26.7 Å². The van der Waals surface area contributed by atoms with Crippen molar-refractivity contribution in [2.24, 2.45) is 5.41 Å². The fraction of sp³-hybridized carbons (Fsp3) is 0.577. The molecule has 0 radical (unpaired) electrons. The van der Waals surface area contributed by atoms with Crippen molar-refractivity contribution >= 4 is 17.5 Å². The van der Waals surface area contributed by atoms with E-state index in [0.29, 0.717) is 30.8 Å². The SMILES string of the molecule is CC(C)c1cnn2c3nc(nc12)NCC1(CCCCCOc2ccc(F)cc2CN3)CCNCC1. The second-order valence-electron chi connectivity index (χ2n) is 10.2. The predicted octanol–water partition coefficient (Wildman–Crippen LogP) is 4.73. The topological polar surface area (TPSA) is 88.4 Å². The number of benzene rings is 1. The molecule has 8 nitrogen and oxygen atoms in total. The average molecular weight is 482 g/mol. The summed E-state index contributed by atoms with van der Waals surface area (Å²) in [6.07, 6.45) is 8.58. The van der Waals surface area contributed by atoms with Crippen molar-refractivity contribution in [1.29, 1.82) is 0 Å². The molecule has 1 saturated heterocycles. The molecule has 2 aromatic heterocycles. The lowest BCUT2D eigenvalue weighted by Crippen LogP contribution is -2.41. The van der Waals surface area contributed by atoms with Gasteiger partial charge in [-0.2, -0.15) is 19.6 Å². The van der Waals surface area contributed by atoms with E-state index >= 15 is 0 Å². The first-order valence-electron chi connectivity index (χ1n) is 12.9. The zero-order valence-corrected chi connectivity index (χ0v) is 20.7. The van der Waals surface area contributed by atoms with E-state index in [9.17, 15) is 4.39 Å². The van der Waals surface area contributed by atoms with E-state index in [4.69, 9.17) is 14.7 Å². The number of halogens is 1. The standard InChI is InChI=1S/C26H36FN7O/c1-18(2)21-16-31-34-23(21)32-24-30-17-26(9-11-28-12-10-26)8-4-3-5-13-35-22-7-6-20(27)14-19(22)15-29-25(34)33-24/h6-7,14,16,18,28H,3-5,8-13,15,17H2,1-2H3,(H2,29,30,32,33). The lowest BCUT2D eigenvalue weighted by molar-refractivity contribution is 0.192. The van der Waals surface area contributed by atoms with Crippen LogP contribution in [0.25, 0.3) is 5.65 Å². The Morgan fingerprint density at radius 2 is 1.91 bits per heavy atom. The van der Waals surface area contributed by atoms with Gasteiger partial charge in [0.05, 0.1) is 12.8 Å². The summed E-state index contributed by atoms with van der Waals surface area (Å²) >= 11 is 0. The van der Waals surface area contributed by atoms with Crippen LogP contribution < -0.4 is 20.7 Å². The molecule has 188 valence electrons. The van der Waals surface area contributed by atoms with Crippen LogP contribution in [0, 0.1) is 11.2 Å². The lowest BCUT2D eigenvalue weighted by atomic mass is 9.75. The number of nitrogens with zero attached hydrogens (tertiary/aromatic N) is 4. The Balaban J connectivity index is 1.51. The van der Waals surface area contributed by atoms with Crippen LogP contribution in [0.15, 0.2) is 24.4 Å². The number of hydrogen-bond donors (Lipinski definition) is 3. The van der Waals surface area contributed by atoms with Gasteiger partial charge >= 0.3 is 0 Å². The molecule has 2 aliphatic heterocycles. The molecular formula is C26H36FN7O. The molecule has 2 bridgehead atoms. The highest BCUT2D eigenvalue weighted by Gasteiger charge is 2.32. The molecule has 9 heteroatoms. The van der Waals surface area contributed by atoms with Gasteiger partial charge in [-0.3, -0.25) is 0 Å². The number of fused-ring (bicyclic) bond motifs is 5. The Labute approximate surface area is 206 Å². The monoisotopic (exact) mass is 481 g/mol. The van der Waals surface area contributed by atoms with E-state index in [2.05, 4.69) is 34.9 Å². The molecule has 0 atom stereocenters. The molecule has 2 aliphatic rings. The Kier molecular flexibility index (Phi) is 7.04. The fourth-order valence-electron chi connectivity index (χ4n) is 5.20. The molecule has 1 aromatic carbocycles. The maximum absolute atomic E-state index is 14.1. The maximum atomic E-state index is 14.1. The van der Waals surface area contributed by atoms with Crippen molar-refractivity contribution in [3.63, 3.8) is 0 Å². The third-order valence-corrected chi connectivity index (χ3v) is 7.37. The summed E-state index contributed by atoms with van der Waals surface area (Å²) < 4.78 is 21.9. The normalized spacial score (nSPS) is 19.1. The van der Waals surface area contributed by atoms with Crippen LogP contribution in [-0.2, 0) is 6.54 Å². The molecule has 3 N–H and O–H groups in total. The van der Waals surface area contributed by atoms with Crippen LogP contribution in [0.5, 0.6) is 5.75 Å². The predicted molar refractivity (Wildman–Crippen MR) is 136 cm³/mol. The molecule has 1 fully saturated rings. The van der Waals surface area contributed by atoms with Crippen molar-refractivity contribution in [2.75, 3.05) is 36.9 Å². The third kappa shape index (κ3) is 5.34. The van der Waals surface area contributed by atoms with Gasteiger partial charge in [0, 0.05) is 24.2 Å². The number of nitrogens with one attached hydrogen (secondary N) is 3. The summed E-state index contributed by atoms with van der Waals surface area (Å²) in [5.41, 5.74) is 2.84. The summed E-state index contributed by atoms with van der Waals surface area (Å²) in [6.45, 7) is 8.21. The van der Waals surface area contributed by atoms with E-state index in [1.807, 2.05) is 6.20 Å². The Bertz CT molecular complexity index is 1160. The van der Waals surface area contributed by atoms with Crippen molar-refractivity contribution in [1.82, 2.24) is 24.9 Å². The zero-order chi connectivity index (χ0) is 24.3. The highest BCUT2D eigenvalue weighted by Crippen LogP contribution is 2.35. The number of anilines is 2. The van der Waals surface area contributed by atoms with Crippen LogP contribution in [-0.4, -0.2) is 45.8 Å². The van der Waals surface area contributed by atoms with Crippen LogP contribution >= 0.6 is 0 Å². The first-order valence-corrected chi connectivity index (χ1v) is 12.9. The number of hydrogen-bond acceptors (Lipinski definition) is 7. The number of ether oxygens (including phenoxy) is 1. The van der Waals surface area contributed by atoms with E-state index in [-0.39, 0.29) is 17.2 Å². The van der Waals surface area contributed by atoms with Crippen LogP contribution in [0.2, 0.25) is 0 Å². The quantitative estimate of drug-likeness (QED) is 0.463. The molecule has 5 rings (SSSR count). The maximum Gasteiger partial charge on any atom is 0.229 e. The summed E-state index contributed by atoms with van der Waals surface area (Å²) in [5, 5.41) is 15.0. The number of rotatable bonds is 1. The first kappa shape index (κ1) is 23.8. The van der Waals surface area contributed by atoms with Crippen molar-refractivity contribution in [3.8, 4) is 5.75 Å². The van der Waals surface area contributed by atoms with Crippen LogP contribution in [0.4, 0.5) is 16.3 Å². The van der Waals surface area contributed by atoms with E-state index in [1.165, 1.54) is 18.6 Å². The van der Waals surface area contributed by atoms with Gasteiger partial charge in [-0.25, -0.2) is 4.39 Å². The van der Waals surface area contributed by atoms with Crippen LogP contribution in [0.3, 0.4) is 0 Å². The Hall–Kier alpha value is -2.94. The molecule has 0 amide bonds. The average Bonchev–Trinajstić information content (AvgIpc) is 3.29. The van der Waals surface area contributed by atoms with Crippen LogP contribution in [0.1, 0.15) is 69.4 Å². The van der Waals surface area contributed by atoms with E-state index < -0.39 is 0 Å². The summed E-state index contributed by atoms with van der Waals surface area (Å²) in [5.74, 6) is 1.87. The summed E-state index contributed by atoms with van der Waals surface area (Å²) in [6, 6.07) is 4.69. The molecule has 35 heavy (non-hydrogen) atoms. The minimum absolute atomic E-state index is 0.234. The summed E-state index contributed by atoms with van der Waals surface area (Å²) in [4.78, 5) is 9.66. The minimum atomic E-state index is -0.285. The number of piperidine rings is 1. The largest absolute Gasteiger partial charge is 0.493 e. The summed E-state index contributed by atoms with van der Waals surface area (Å²) in [7, 11) is 0. The van der Waals surface area contributed by atoms with E-state index in [1.54, 1.807) is 10.6 Å². The van der Waals surface area contributed by atoms with Gasteiger partial charge in [0.1, 0.15) is 11.6 Å². The smallest absolute Gasteiger partial charge is 0.229 e. The molecule has 0 saturated carbocycles. The molecular weight excluding hydrogens is 445 g/mol. The third-order valence-electron chi connectivity index (χ3n) is 7.37. The molecule has 1 spiro atoms. The van der Waals surface area contributed by atoms with Gasteiger partial charge in [-0.15, -0.1) is 0 Å². The Morgan fingerprint density at radius 3 is 2.74 bits per heavy atom. The van der Waals surface area contributed by atoms with Gasteiger partial charge in [0.15, 0.2) is 5.65 Å². The lowest BCUT2D eigenvalue weighted by Gasteiger charge is -2.38. The van der Waals surface area contributed by atoms with Gasteiger partial charge < -0.3 is 20.7 Å². The second-order valence-corrected chi connectivity index (χ2v) is 10.2. The minimum Gasteiger partial charge on any atom is -0.493 e. The molecule has 0 aliphatic carbocycles. The fourth-order valence-corrected chi connectivity index (χ4v) is 5.20. The second kappa shape index (κ2) is 10.4. The van der Waals surface area contributed by atoms with Crippen molar-refractivity contribution in [2.45, 2.75) is 64.8 Å². The van der Waals surface area contributed by atoms with Gasteiger partial charge in [0.25, 0.3) is 0 Å². The van der Waals surface area contributed by atoms with E-state index in [0.717, 1.165) is 68.5 Å². The van der Waals surface area contributed by atoms with Gasteiger partial charge in [-0.05, 0) is 68.3 Å². The van der Waals surface area contributed by atoms with Crippen molar-refractivity contribution in [3.05, 3.63) is 41.3 Å². The highest BCUT2D eigenvalue weighted by molar-refractivity contribution is 5.56. The molecule has 4 heterocycles. The zero-order valence-electron chi connectivity index (χ0n) is 20.7. The molecule has 3 aromatic rings.